The van der Waals surface area contributed by atoms with Gasteiger partial charge in [-0.1, -0.05) is 30.4 Å². The van der Waals surface area contributed by atoms with E-state index in [2.05, 4.69) is 0 Å². The van der Waals surface area contributed by atoms with E-state index in [0.717, 1.165) is 11.3 Å². The highest BCUT2D eigenvalue weighted by atomic mass is 16.4. The van der Waals surface area contributed by atoms with Crippen molar-refractivity contribution in [1.29, 1.82) is 0 Å². The Bertz CT molecular complexity index is 511. The van der Waals surface area contributed by atoms with Gasteiger partial charge in [0.05, 0.1) is 18.2 Å². The van der Waals surface area contributed by atoms with E-state index in [9.17, 15) is 9.59 Å². The number of anilines is 1. The molecule has 1 amide bonds. The van der Waals surface area contributed by atoms with Crippen LogP contribution < -0.4 is 10.6 Å². The Hall–Kier alpha value is -2.14. The molecule has 1 aliphatic heterocycles. The average molecular weight is 246 g/mol. The molecule has 0 unspecified atom stereocenters. The zero-order valence-electron chi connectivity index (χ0n) is 9.74. The van der Waals surface area contributed by atoms with E-state index in [0.29, 0.717) is 6.54 Å². The molecule has 0 spiro atoms. The maximum Gasteiger partial charge on any atom is 0.305 e. The van der Waals surface area contributed by atoms with Gasteiger partial charge < -0.3 is 15.7 Å². The first-order chi connectivity index (χ1) is 8.59. The van der Waals surface area contributed by atoms with Gasteiger partial charge in [-0.15, -0.1) is 0 Å². The van der Waals surface area contributed by atoms with Crippen LogP contribution in [0, 0.1) is 0 Å². The number of carbonyl (C=O) groups is 2. The minimum Gasteiger partial charge on any atom is -0.481 e. The number of rotatable bonds is 3. The zero-order valence-corrected chi connectivity index (χ0v) is 9.74. The first kappa shape index (κ1) is 12.3. The third-order valence-corrected chi connectivity index (χ3v) is 2.79. The molecule has 94 valence electrons. The Kier molecular flexibility index (Phi) is 3.43. The van der Waals surface area contributed by atoms with Crippen molar-refractivity contribution >= 4 is 23.6 Å². The fourth-order valence-corrected chi connectivity index (χ4v) is 1.94. The van der Waals surface area contributed by atoms with Gasteiger partial charge in [0.25, 0.3) is 0 Å². The van der Waals surface area contributed by atoms with Crippen LogP contribution in [0.15, 0.2) is 30.3 Å². The summed E-state index contributed by atoms with van der Waals surface area (Å²) in [5.74, 6) is -1.44. The van der Waals surface area contributed by atoms with E-state index in [1.165, 1.54) is 4.90 Å². The van der Waals surface area contributed by atoms with Crippen LogP contribution in [0.2, 0.25) is 0 Å². The number of aliphatic carboxylic acids is 1. The summed E-state index contributed by atoms with van der Waals surface area (Å²) >= 11 is 0. The number of amides is 1. The minimum atomic E-state index is -1.07. The van der Waals surface area contributed by atoms with Crippen molar-refractivity contribution in [2.24, 2.45) is 5.73 Å². The van der Waals surface area contributed by atoms with Crippen LogP contribution >= 0.6 is 0 Å². The van der Waals surface area contributed by atoms with Crippen molar-refractivity contribution in [3.8, 4) is 0 Å². The molecule has 5 heteroatoms. The minimum absolute atomic E-state index is 0.360. The van der Waals surface area contributed by atoms with Gasteiger partial charge in [-0.3, -0.25) is 9.59 Å². The molecule has 18 heavy (non-hydrogen) atoms. The highest BCUT2D eigenvalue weighted by molar-refractivity contribution is 6.01. The van der Waals surface area contributed by atoms with Crippen molar-refractivity contribution in [3.05, 3.63) is 35.9 Å². The molecule has 1 aromatic rings. The molecule has 2 rings (SSSR count). The Morgan fingerprint density at radius 3 is 2.83 bits per heavy atom. The molecule has 0 aromatic heterocycles. The molecule has 0 fully saturated rings. The smallest absolute Gasteiger partial charge is 0.305 e. The number of nitrogens with two attached hydrogens (primary N) is 1. The number of para-hydroxylation sites is 1. The van der Waals surface area contributed by atoms with E-state index < -0.39 is 12.0 Å². The normalized spacial score (nSPS) is 15.1. The number of hydrogen-bond donors (Lipinski definition) is 2. The quantitative estimate of drug-likeness (QED) is 0.828. The van der Waals surface area contributed by atoms with E-state index in [1.807, 2.05) is 36.4 Å². The summed E-state index contributed by atoms with van der Waals surface area (Å²) < 4.78 is 0. The van der Waals surface area contributed by atoms with E-state index in [-0.39, 0.29) is 12.3 Å². The lowest BCUT2D eigenvalue weighted by Gasteiger charge is -2.28. The summed E-state index contributed by atoms with van der Waals surface area (Å²) in [6.45, 7) is 0.420. The van der Waals surface area contributed by atoms with Gasteiger partial charge >= 0.3 is 5.97 Å². The van der Waals surface area contributed by atoms with E-state index in [1.54, 1.807) is 0 Å². The Morgan fingerprint density at radius 1 is 1.39 bits per heavy atom. The summed E-state index contributed by atoms with van der Waals surface area (Å²) in [4.78, 5) is 24.2. The number of carboxylic acids is 1. The van der Waals surface area contributed by atoms with Gasteiger partial charge in [-0.25, -0.2) is 0 Å². The first-order valence-electron chi connectivity index (χ1n) is 5.64. The van der Waals surface area contributed by atoms with Gasteiger partial charge in [-0.05, 0) is 11.6 Å². The van der Waals surface area contributed by atoms with Crippen LogP contribution in [-0.2, 0) is 9.59 Å². The predicted molar refractivity (Wildman–Crippen MR) is 68.1 cm³/mol. The molecular formula is C13H14N2O3. The van der Waals surface area contributed by atoms with Gasteiger partial charge in [0.15, 0.2) is 0 Å². The summed E-state index contributed by atoms with van der Waals surface area (Å²) in [7, 11) is 0. The lowest BCUT2D eigenvalue weighted by atomic mass is 10.1. The van der Waals surface area contributed by atoms with Crippen LogP contribution in [-0.4, -0.2) is 29.6 Å². The Morgan fingerprint density at radius 2 is 2.11 bits per heavy atom. The molecule has 3 N–H and O–H groups in total. The number of fused-ring (bicyclic) bond motifs is 1. The summed E-state index contributed by atoms with van der Waals surface area (Å²) in [6.07, 6.45) is 3.43. The topological polar surface area (TPSA) is 83.6 Å². The predicted octanol–water partition coefficient (Wildman–Crippen LogP) is 0.848. The highest BCUT2D eigenvalue weighted by Gasteiger charge is 2.26. The number of hydrogen-bond acceptors (Lipinski definition) is 3. The second-order valence-electron chi connectivity index (χ2n) is 4.11. The second kappa shape index (κ2) is 5.01. The third-order valence-electron chi connectivity index (χ3n) is 2.79. The van der Waals surface area contributed by atoms with E-state index >= 15 is 0 Å². The summed E-state index contributed by atoms with van der Waals surface area (Å²) in [6, 6.07) is 6.43. The maximum atomic E-state index is 12.1. The maximum absolute atomic E-state index is 12.1. The molecule has 1 aliphatic rings. The summed E-state index contributed by atoms with van der Waals surface area (Å²) in [5, 5.41) is 8.66. The monoisotopic (exact) mass is 246 g/mol. The average Bonchev–Trinajstić information content (AvgIpc) is 2.36. The molecular weight excluding hydrogens is 232 g/mol. The van der Waals surface area contributed by atoms with Crippen LogP contribution in [0.4, 0.5) is 5.69 Å². The standard InChI is InChI=1S/C13H14N2O3/c14-10(8-12(16)17)13(18)15-7-3-5-9-4-1-2-6-11(9)15/h1-6,10H,7-8,14H2,(H,16,17)/t10-/m0/s1. The van der Waals surface area contributed by atoms with Crippen molar-refractivity contribution in [1.82, 2.24) is 0 Å². The van der Waals surface area contributed by atoms with Crippen molar-refractivity contribution in [2.45, 2.75) is 12.5 Å². The number of carboxylic acid groups (broad SMARTS) is 1. The Labute approximate surface area is 105 Å². The molecule has 5 nitrogen and oxygen atoms in total. The van der Waals surface area contributed by atoms with Crippen LogP contribution in [0.3, 0.4) is 0 Å². The number of benzene rings is 1. The molecule has 1 aromatic carbocycles. The molecule has 0 saturated heterocycles. The van der Waals surface area contributed by atoms with E-state index in [4.69, 9.17) is 10.8 Å². The van der Waals surface area contributed by atoms with Crippen molar-refractivity contribution in [3.63, 3.8) is 0 Å². The molecule has 0 saturated carbocycles. The summed E-state index contributed by atoms with van der Waals surface area (Å²) in [5.41, 5.74) is 7.31. The molecule has 0 radical (unpaired) electrons. The van der Waals surface area contributed by atoms with Crippen molar-refractivity contribution < 1.29 is 14.7 Å². The van der Waals surface area contributed by atoms with Gasteiger partial charge in [0.2, 0.25) is 5.91 Å². The van der Waals surface area contributed by atoms with Crippen LogP contribution in [0.5, 0.6) is 0 Å². The fourth-order valence-electron chi connectivity index (χ4n) is 1.94. The number of nitrogens with zero attached hydrogens (tertiary/aromatic N) is 1. The largest absolute Gasteiger partial charge is 0.481 e. The fraction of sp³-hybridized carbons (Fsp3) is 0.231. The first-order valence-corrected chi connectivity index (χ1v) is 5.64. The van der Waals surface area contributed by atoms with Crippen LogP contribution in [0.25, 0.3) is 6.08 Å². The lowest BCUT2D eigenvalue weighted by molar-refractivity contribution is -0.139. The molecule has 0 aliphatic carbocycles. The number of carbonyl (C=O) groups excluding carboxylic acids is 1. The lowest BCUT2D eigenvalue weighted by Crippen LogP contribution is -2.45. The highest BCUT2D eigenvalue weighted by Crippen LogP contribution is 2.25. The third kappa shape index (κ3) is 2.41. The van der Waals surface area contributed by atoms with Gasteiger partial charge in [0.1, 0.15) is 0 Å². The molecule has 0 bridgehead atoms. The van der Waals surface area contributed by atoms with Crippen LogP contribution in [0.1, 0.15) is 12.0 Å². The van der Waals surface area contributed by atoms with Crippen molar-refractivity contribution in [2.75, 3.05) is 11.4 Å². The second-order valence-corrected chi connectivity index (χ2v) is 4.11. The van der Waals surface area contributed by atoms with Gasteiger partial charge in [0, 0.05) is 6.54 Å². The SMILES string of the molecule is N[C@@H](CC(=O)O)C(=O)N1CC=Cc2ccccc21. The zero-order chi connectivity index (χ0) is 13.1. The molecule has 1 heterocycles. The Balaban J connectivity index is 2.22. The molecule has 1 atom stereocenters. The van der Waals surface area contributed by atoms with Gasteiger partial charge in [-0.2, -0.15) is 0 Å².